The van der Waals surface area contributed by atoms with Crippen LogP contribution in [0.5, 0.6) is 0 Å². The van der Waals surface area contributed by atoms with Crippen LogP contribution in [0.25, 0.3) is 0 Å². The number of rotatable bonds is 8. The molecule has 8 nitrogen and oxygen atoms in total. The first kappa shape index (κ1) is 19.6. The molecule has 0 aliphatic heterocycles. The fraction of sp³-hybridized carbons (Fsp3) is 0.118. The van der Waals surface area contributed by atoms with Gasteiger partial charge in [-0.1, -0.05) is 0 Å². The number of hydrogen-bond donors (Lipinski definition) is 3. The molecule has 2 heterocycles. The topological polar surface area (TPSA) is 109 Å². The molecule has 0 saturated heterocycles. The van der Waals surface area contributed by atoms with E-state index in [0.717, 1.165) is 17.8 Å². The summed E-state index contributed by atoms with van der Waals surface area (Å²) in [5.41, 5.74) is 0.809. The SMILES string of the molecule is O=S(=O)(NCCNc1ccc(Nc2ccncc2)nn1)c1cc(F)ccc1F. The number of nitrogens with zero attached hydrogens (tertiary/aromatic N) is 3. The monoisotopic (exact) mass is 406 g/mol. The second-order valence-electron chi connectivity index (χ2n) is 5.56. The lowest BCUT2D eigenvalue weighted by molar-refractivity contribution is 0.546. The highest BCUT2D eigenvalue weighted by atomic mass is 32.2. The largest absolute Gasteiger partial charge is 0.367 e. The molecule has 0 radical (unpaired) electrons. The van der Waals surface area contributed by atoms with Crippen LogP contribution in [0.4, 0.5) is 26.1 Å². The zero-order chi connectivity index (χ0) is 20.0. The summed E-state index contributed by atoms with van der Waals surface area (Å²) in [4.78, 5) is 3.18. The molecule has 0 unspecified atom stereocenters. The van der Waals surface area contributed by atoms with Crippen molar-refractivity contribution < 1.29 is 17.2 Å². The Bertz CT molecular complexity index is 1030. The molecule has 146 valence electrons. The number of nitrogens with one attached hydrogen (secondary N) is 3. The van der Waals surface area contributed by atoms with E-state index in [1.165, 1.54) is 0 Å². The van der Waals surface area contributed by atoms with E-state index in [1.807, 2.05) is 0 Å². The molecule has 0 fully saturated rings. The lowest BCUT2D eigenvalue weighted by Crippen LogP contribution is -2.29. The lowest BCUT2D eigenvalue weighted by Gasteiger charge is -2.09. The quantitative estimate of drug-likeness (QED) is 0.493. The van der Waals surface area contributed by atoms with E-state index in [1.54, 1.807) is 36.7 Å². The van der Waals surface area contributed by atoms with Crippen LogP contribution in [0.1, 0.15) is 0 Å². The predicted octanol–water partition coefficient (Wildman–Crippen LogP) is 2.28. The maximum absolute atomic E-state index is 13.6. The molecular weight excluding hydrogens is 390 g/mol. The molecule has 3 aromatic rings. The Kier molecular flexibility index (Phi) is 6.06. The number of hydrogen-bond acceptors (Lipinski definition) is 7. The van der Waals surface area contributed by atoms with Crippen molar-refractivity contribution >= 4 is 27.3 Å². The minimum absolute atomic E-state index is 0.0585. The Hall–Kier alpha value is -3.18. The number of sulfonamides is 1. The Morgan fingerprint density at radius 1 is 0.893 bits per heavy atom. The first-order valence-corrected chi connectivity index (χ1v) is 9.62. The van der Waals surface area contributed by atoms with E-state index in [2.05, 4.69) is 30.5 Å². The third-order valence-corrected chi connectivity index (χ3v) is 5.00. The van der Waals surface area contributed by atoms with Gasteiger partial charge in [0.05, 0.1) is 0 Å². The van der Waals surface area contributed by atoms with Crippen LogP contribution >= 0.6 is 0 Å². The van der Waals surface area contributed by atoms with Crippen LogP contribution in [-0.2, 0) is 10.0 Å². The summed E-state index contributed by atoms with van der Waals surface area (Å²) in [5.74, 6) is -0.906. The Labute approximate surface area is 160 Å². The summed E-state index contributed by atoms with van der Waals surface area (Å²) in [6, 6.07) is 9.16. The molecule has 28 heavy (non-hydrogen) atoms. The third kappa shape index (κ3) is 5.18. The van der Waals surface area contributed by atoms with Gasteiger partial charge in [-0.05, 0) is 42.5 Å². The molecular formula is C17H16F2N6O2S. The normalized spacial score (nSPS) is 11.2. The van der Waals surface area contributed by atoms with Crippen LogP contribution < -0.4 is 15.4 Å². The predicted molar refractivity (Wildman–Crippen MR) is 99.6 cm³/mol. The van der Waals surface area contributed by atoms with E-state index in [9.17, 15) is 17.2 Å². The Morgan fingerprint density at radius 2 is 1.61 bits per heavy atom. The van der Waals surface area contributed by atoms with Gasteiger partial charge in [0.15, 0.2) is 5.82 Å². The Balaban J connectivity index is 1.50. The molecule has 3 rings (SSSR count). The van der Waals surface area contributed by atoms with Gasteiger partial charge in [-0.3, -0.25) is 4.98 Å². The molecule has 0 aliphatic rings. The lowest BCUT2D eigenvalue weighted by atomic mass is 10.3. The van der Waals surface area contributed by atoms with Crippen molar-refractivity contribution in [3.63, 3.8) is 0 Å². The average molecular weight is 406 g/mol. The van der Waals surface area contributed by atoms with Crippen LogP contribution in [-0.4, -0.2) is 36.7 Å². The van der Waals surface area contributed by atoms with Crippen LogP contribution in [0.15, 0.2) is 59.8 Å². The highest BCUT2D eigenvalue weighted by Crippen LogP contribution is 2.15. The maximum atomic E-state index is 13.6. The first-order chi connectivity index (χ1) is 13.4. The van der Waals surface area contributed by atoms with Crippen LogP contribution in [0.3, 0.4) is 0 Å². The van der Waals surface area contributed by atoms with Crippen LogP contribution in [0.2, 0.25) is 0 Å². The second-order valence-corrected chi connectivity index (χ2v) is 7.30. The average Bonchev–Trinajstić information content (AvgIpc) is 2.69. The third-order valence-electron chi connectivity index (χ3n) is 3.52. The molecule has 1 aromatic carbocycles. The number of halogens is 2. The standard InChI is InChI=1S/C17H16F2N6O2S/c18-12-1-2-14(19)15(11-12)28(26,27)22-10-9-21-16-3-4-17(25-24-16)23-13-5-7-20-8-6-13/h1-8,11,22H,9-10H2,(H,21,24)(H,20,23,25). The molecule has 0 atom stereocenters. The molecule has 0 spiro atoms. The summed E-state index contributed by atoms with van der Waals surface area (Å²) < 4.78 is 53.1. The van der Waals surface area contributed by atoms with Crippen molar-refractivity contribution in [1.29, 1.82) is 0 Å². The van der Waals surface area contributed by atoms with Crippen molar-refractivity contribution in [2.24, 2.45) is 0 Å². The minimum atomic E-state index is -4.17. The van der Waals surface area contributed by atoms with Gasteiger partial charge in [-0.15, -0.1) is 10.2 Å². The minimum Gasteiger partial charge on any atom is -0.367 e. The van der Waals surface area contributed by atoms with Gasteiger partial charge in [0.25, 0.3) is 0 Å². The summed E-state index contributed by atoms with van der Waals surface area (Å²) in [7, 11) is -4.17. The summed E-state index contributed by atoms with van der Waals surface area (Å²) in [5, 5.41) is 13.9. The van der Waals surface area contributed by atoms with Gasteiger partial charge in [0.1, 0.15) is 22.3 Å². The highest BCUT2D eigenvalue weighted by Gasteiger charge is 2.19. The Morgan fingerprint density at radius 3 is 2.32 bits per heavy atom. The van der Waals surface area contributed by atoms with Gasteiger partial charge >= 0.3 is 0 Å². The zero-order valence-corrected chi connectivity index (χ0v) is 15.2. The van der Waals surface area contributed by atoms with Gasteiger partial charge in [-0.2, -0.15) is 0 Å². The molecule has 0 saturated carbocycles. The first-order valence-electron chi connectivity index (χ1n) is 8.13. The maximum Gasteiger partial charge on any atom is 0.243 e. The van der Waals surface area contributed by atoms with Crippen molar-refractivity contribution in [3.05, 3.63) is 66.5 Å². The number of benzene rings is 1. The molecule has 3 N–H and O–H groups in total. The highest BCUT2D eigenvalue weighted by molar-refractivity contribution is 7.89. The van der Waals surface area contributed by atoms with Crippen molar-refractivity contribution in [1.82, 2.24) is 19.9 Å². The summed E-state index contributed by atoms with van der Waals surface area (Å²) in [6.45, 7) is 0.110. The van der Waals surface area contributed by atoms with Gasteiger partial charge < -0.3 is 10.6 Å². The van der Waals surface area contributed by atoms with Crippen molar-refractivity contribution in [2.45, 2.75) is 4.90 Å². The number of aromatic nitrogens is 3. The van der Waals surface area contributed by atoms with Crippen molar-refractivity contribution in [2.75, 3.05) is 23.7 Å². The molecule has 0 amide bonds. The zero-order valence-electron chi connectivity index (χ0n) is 14.4. The van der Waals surface area contributed by atoms with E-state index < -0.39 is 26.6 Å². The van der Waals surface area contributed by atoms with Gasteiger partial charge in [-0.25, -0.2) is 21.9 Å². The fourth-order valence-electron chi connectivity index (χ4n) is 2.21. The smallest absolute Gasteiger partial charge is 0.243 e. The van der Waals surface area contributed by atoms with Gasteiger partial charge in [0.2, 0.25) is 10.0 Å². The van der Waals surface area contributed by atoms with Crippen molar-refractivity contribution in [3.8, 4) is 0 Å². The van der Waals surface area contributed by atoms with Gasteiger partial charge in [0, 0.05) is 31.2 Å². The fourth-order valence-corrected chi connectivity index (χ4v) is 3.33. The van der Waals surface area contributed by atoms with E-state index in [-0.39, 0.29) is 13.1 Å². The summed E-state index contributed by atoms with van der Waals surface area (Å²) >= 11 is 0. The summed E-state index contributed by atoms with van der Waals surface area (Å²) in [6.07, 6.45) is 3.28. The van der Waals surface area contributed by atoms with E-state index in [4.69, 9.17) is 0 Å². The molecule has 0 aliphatic carbocycles. The molecule has 2 aromatic heterocycles. The van der Waals surface area contributed by atoms with Crippen LogP contribution in [0, 0.1) is 11.6 Å². The number of pyridine rings is 1. The van der Waals surface area contributed by atoms with E-state index in [0.29, 0.717) is 17.7 Å². The second kappa shape index (κ2) is 8.67. The number of anilines is 3. The van der Waals surface area contributed by atoms with E-state index >= 15 is 0 Å². The molecule has 0 bridgehead atoms. The molecule has 11 heteroatoms.